The Balaban J connectivity index is 1.89. The zero-order valence-electron chi connectivity index (χ0n) is 12.8. The Labute approximate surface area is 150 Å². The van der Waals surface area contributed by atoms with E-state index in [1.165, 1.54) is 18.5 Å². The van der Waals surface area contributed by atoms with Crippen LogP contribution in [0.4, 0.5) is 15.9 Å². The lowest BCUT2D eigenvalue weighted by Gasteiger charge is -2.10. The predicted octanol–water partition coefficient (Wildman–Crippen LogP) is 3.57. The van der Waals surface area contributed by atoms with Crippen LogP contribution in [-0.4, -0.2) is 19.8 Å². The van der Waals surface area contributed by atoms with E-state index in [1.54, 1.807) is 47.1 Å². The Morgan fingerprint density at radius 2 is 2.04 bits per heavy atom. The maximum atomic E-state index is 14.2. The van der Waals surface area contributed by atoms with Gasteiger partial charge in [0.25, 0.3) is 0 Å². The van der Waals surface area contributed by atoms with Crippen molar-refractivity contribution in [3.8, 4) is 11.3 Å². The molecule has 3 aromatic heterocycles. The van der Waals surface area contributed by atoms with Gasteiger partial charge in [0.1, 0.15) is 17.3 Å². The van der Waals surface area contributed by atoms with Crippen LogP contribution in [0.2, 0.25) is 0 Å². The van der Waals surface area contributed by atoms with Crippen LogP contribution in [0.25, 0.3) is 16.9 Å². The molecule has 0 aliphatic rings. The molecule has 25 heavy (non-hydrogen) atoms. The second-order valence-electron chi connectivity index (χ2n) is 5.33. The number of hydrogen-bond acceptors (Lipinski definition) is 4. The predicted molar refractivity (Wildman–Crippen MR) is 93.2 cm³/mol. The topological polar surface area (TPSA) is 66.3 Å². The van der Waals surface area contributed by atoms with Crippen molar-refractivity contribution in [3.05, 3.63) is 71.3 Å². The van der Waals surface area contributed by atoms with Crippen LogP contribution in [-0.2, 0) is 0 Å². The van der Waals surface area contributed by atoms with Crippen LogP contribution in [0.1, 0.15) is 0 Å². The number of hydrogen-bond donors (Lipinski definition) is 2. The normalized spacial score (nSPS) is 11.0. The van der Waals surface area contributed by atoms with Crippen LogP contribution in [0, 0.1) is 5.82 Å². The molecule has 2 N–H and O–H groups in total. The van der Waals surface area contributed by atoms with Gasteiger partial charge in [0.2, 0.25) is 12.4 Å². The Bertz CT molecular complexity index is 1080. The molecule has 0 fully saturated rings. The van der Waals surface area contributed by atoms with Crippen molar-refractivity contribution in [1.29, 1.82) is 0 Å². The van der Waals surface area contributed by atoms with Gasteiger partial charge in [0, 0.05) is 22.4 Å². The Morgan fingerprint density at radius 1 is 1.20 bits per heavy atom. The number of aromatic nitrogens is 4. The molecule has 0 saturated carbocycles. The van der Waals surface area contributed by atoms with E-state index in [4.69, 9.17) is 0 Å². The fraction of sp³-hybridized carbons (Fsp3) is 0. The van der Waals surface area contributed by atoms with Gasteiger partial charge in [-0.05, 0) is 34.1 Å². The van der Waals surface area contributed by atoms with Gasteiger partial charge in [-0.25, -0.2) is 9.37 Å². The number of nitrogens with one attached hydrogen (secondary N) is 1. The molecular weight excluding hydrogens is 389 g/mol. The summed E-state index contributed by atoms with van der Waals surface area (Å²) in [7, 11) is 0. The van der Waals surface area contributed by atoms with E-state index in [0.29, 0.717) is 32.9 Å². The molecule has 1 aromatic carbocycles. The third-order valence-electron chi connectivity index (χ3n) is 3.64. The molecular formula is C17H12BrFN5O+. The first-order valence-electron chi connectivity index (χ1n) is 7.38. The van der Waals surface area contributed by atoms with Crippen LogP contribution < -0.4 is 10.0 Å². The van der Waals surface area contributed by atoms with Crippen molar-refractivity contribution in [2.45, 2.75) is 0 Å². The Kier molecular flexibility index (Phi) is 3.81. The molecule has 0 bridgehead atoms. The minimum atomic E-state index is -0.353. The second-order valence-corrected chi connectivity index (χ2v) is 6.19. The number of pyridine rings is 1. The van der Waals surface area contributed by atoms with Gasteiger partial charge in [-0.3, -0.25) is 5.21 Å². The van der Waals surface area contributed by atoms with E-state index in [-0.39, 0.29) is 5.82 Å². The number of benzene rings is 1. The van der Waals surface area contributed by atoms with Crippen molar-refractivity contribution >= 4 is 33.1 Å². The lowest BCUT2D eigenvalue weighted by atomic mass is 10.1. The van der Waals surface area contributed by atoms with Crippen LogP contribution in [0.3, 0.4) is 0 Å². The summed E-state index contributed by atoms with van der Waals surface area (Å²) in [5.41, 5.74) is 2.06. The molecule has 3 heterocycles. The second kappa shape index (κ2) is 6.14. The molecule has 4 aromatic rings. The minimum absolute atomic E-state index is 0.353. The zero-order valence-corrected chi connectivity index (χ0v) is 14.4. The summed E-state index contributed by atoms with van der Waals surface area (Å²) in [6.45, 7) is 0. The van der Waals surface area contributed by atoms with Gasteiger partial charge in [0.05, 0.1) is 16.4 Å². The summed E-state index contributed by atoms with van der Waals surface area (Å²) < 4.78 is 17.4. The molecule has 0 atom stereocenters. The summed E-state index contributed by atoms with van der Waals surface area (Å²) in [6.07, 6.45) is 4.63. The van der Waals surface area contributed by atoms with Crippen LogP contribution in [0.5, 0.6) is 0 Å². The molecule has 0 spiro atoms. The van der Waals surface area contributed by atoms with Crippen molar-refractivity contribution in [2.24, 2.45) is 0 Å². The summed E-state index contributed by atoms with van der Waals surface area (Å²) in [6, 6.07) is 11.7. The van der Waals surface area contributed by atoms with Crippen molar-refractivity contribution in [2.75, 3.05) is 5.32 Å². The SMILES string of the molecule is O[n+]1cccc(Nc2cc(-c3ccccc3F)nc3c(Br)cnn23)c1. The number of rotatable bonds is 3. The Morgan fingerprint density at radius 3 is 2.84 bits per heavy atom. The van der Waals surface area contributed by atoms with Crippen molar-refractivity contribution in [3.63, 3.8) is 0 Å². The van der Waals surface area contributed by atoms with Crippen molar-refractivity contribution in [1.82, 2.24) is 14.6 Å². The summed E-state index contributed by atoms with van der Waals surface area (Å²) in [5.74, 6) is 0.231. The van der Waals surface area contributed by atoms with Gasteiger partial charge < -0.3 is 5.32 Å². The lowest BCUT2D eigenvalue weighted by molar-refractivity contribution is -0.904. The first-order chi connectivity index (χ1) is 12.1. The molecule has 0 aliphatic heterocycles. The molecule has 0 aliphatic carbocycles. The molecule has 6 nitrogen and oxygen atoms in total. The molecule has 0 saturated heterocycles. The average molecular weight is 401 g/mol. The highest BCUT2D eigenvalue weighted by atomic mass is 79.9. The monoisotopic (exact) mass is 400 g/mol. The quantitative estimate of drug-likeness (QED) is 0.407. The Hall–Kier alpha value is -3.00. The minimum Gasteiger partial charge on any atom is -0.335 e. The fourth-order valence-electron chi connectivity index (χ4n) is 2.52. The van der Waals surface area contributed by atoms with Gasteiger partial charge in [-0.2, -0.15) is 9.61 Å². The summed E-state index contributed by atoms with van der Waals surface area (Å²) >= 11 is 3.41. The molecule has 124 valence electrons. The highest BCUT2D eigenvalue weighted by molar-refractivity contribution is 9.10. The maximum Gasteiger partial charge on any atom is 0.245 e. The van der Waals surface area contributed by atoms with E-state index in [1.807, 2.05) is 0 Å². The first kappa shape index (κ1) is 15.5. The van der Waals surface area contributed by atoms with E-state index >= 15 is 0 Å². The number of fused-ring (bicyclic) bond motifs is 1. The molecule has 8 heteroatoms. The molecule has 0 amide bonds. The van der Waals surface area contributed by atoms with Crippen LogP contribution >= 0.6 is 15.9 Å². The smallest absolute Gasteiger partial charge is 0.245 e. The molecule has 4 rings (SSSR count). The largest absolute Gasteiger partial charge is 0.335 e. The first-order valence-corrected chi connectivity index (χ1v) is 8.18. The highest BCUT2D eigenvalue weighted by Crippen LogP contribution is 2.28. The van der Waals surface area contributed by atoms with Gasteiger partial charge >= 0.3 is 0 Å². The number of nitrogens with zero attached hydrogens (tertiary/aromatic N) is 4. The molecule has 0 unspecified atom stereocenters. The van der Waals surface area contributed by atoms with E-state index in [9.17, 15) is 9.60 Å². The highest BCUT2D eigenvalue weighted by Gasteiger charge is 2.14. The summed E-state index contributed by atoms with van der Waals surface area (Å²) in [4.78, 5) is 4.50. The molecule has 0 radical (unpaired) electrons. The van der Waals surface area contributed by atoms with Gasteiger partial charge in [-0.15, -0.1) is 0 Å². The van der Waals surface area contributed by atoms with Crippen molar-refractivity contribution < 1.29 is 14.3 Å². The number of halogens is 2. The zero-order chi connectivity index (χ0) is 17.4. The van der Waals surface area contributed by atoms with Crippen LogP contribution in [0.15, 0.2) is 65.5 Å². The standard InChI is InChI=1S/C17H12BrFN5O/c18-13-9-20-24-16(21-11-4-3-7-23(25)10-11)8-15(22-17(13)24)12-5-1-2-6-14(12)19/h1-10,21,25H/q+1. The average Bonchev–Trinajstić information content (AvgIpc) is 2.97. The third kappa shape index (κ3) is 2.91. The van der Waals surface area contributed by atoms with Gasteiger partial charge in [0.15, 0.2) is 5.65 Å². The van der Waals surface area contributed by atoms with E-state index < -0.39 is 0 Å². The van der Waals surface area contributed by atoms with E-state index in [2.05, 4.69) is 31.3 Å². The third-order valence-corrected chi connectivity index (χ3v) is 4.20. The van der Waals surface area contributed by atoms with E-state index in [0.717, 1.165) is 4.73 Å². The fourth-order valence-corrected chi connectivity index (χ4v) is 2.87. The number of anilines is 2. The summed E-state index contributed by atoms with van der Waals surface area (Å²) in [5, 5.41) is 17.0. The maximum absolute atomic E-state index is 14.2. The lowest BCUT2D eigenvalue weighted by Crippen LogP contribution is -2.28. The van der Waals surface area contributed by atoms with Gasteiger partial charge in [-0.1, -0.05) is 12.1 Å².